The number of carbonyl (C=O) groups is 4. The topological polar surface area (TPSA) is 108 Å². The summed E-state index contributed by atoms with van der Waals surface area (Å²) >= 11 is 1.59. The van der Waals surface area contributed by atoms with Crippen LogP contribution in [0.4, 0.5) is 9.59 Å². The summed E-state index contributed by atoms with van der Waals surface area (Å²) in [6.07, 6.45) is 3.62. The Hall–Kier alpha value is -2.42. The van der Waals surface area contributed by atoms with Crippen LogP contribution in [0.5, 0.6) is 0 Å². The molecule has 1 saturated heterocycles. The second-order valence-corrected chi connectivity index (χ2v) is 7.28. The van der Waals surface area contributed by atoms with E-state index in [4.69, 9.17) is 0 Å². The molecule has 2 aliphatic rings. The second kappa shape index (κ2) is 7.22. The fraction of sp³-hybridized carbons (Fsp3) is 0.500. The molecule has 3 rings (SSSR count). The molecular weight excluding hydrogens is 344 g/mol. The maximum atomic E-state index is 12.4. The van der Waals surface area contributed by atoms with Crippen molar-refractivity contribution >= 4 is 35.2 Å². The van der Waals surface area contributed by atoms with Gasteiger partial charge in [-0.25, -0.2) is 9.59 Å². The molecule has 1 aliphatic heterocycles. The minimum Gasteiger partial charge on any atom is -0.337 e. The van der Waals surface area contributed by atoms with E-state index in [-0.39, 0.29) is 5.91 Å². The van der Waals surface area contributed by atoms with Crippen molar-refractivity contribution in [2.24, 2.45) is 0 Å². The fourth-order valence-electron chi connectivity index (χ4n) is 3.25. The lowest BCUT2D eigenvalue weighted by Gasteiger charge is -2.19. The van der Waals surface area contributed by atoms with Crippen LogP contribution in [0.2, 0.25) is 0 Å². The molecule has 1 saturated carbocycles. The largest absolute Gasteiger partial charge is 0.337 e. The maximum absolute atomic E-state index is 12.4. The molecule has 3 N–H and O–H groups in total. The van der Waals surface area contributed by atoms with Crippen LogP contribution in [-0.2, 0) is 16.0 Å². The number of hydrogen-bond acceptors (Lipinski definition) is 5. The van der Waals surface area contributed by atoms with Gasteiger partial charge in [0, 0.05) is 11.4 Å². The highest BCUT2D eigenvalue weighted by atomic mass is 32.1. The van der Waals surface area contributed by atoms with E-state index in [0.717, 1.165) is 22.6 Å². The number of carbonyl (C=O) groups excluding carboxylic acids is 4. The Balaban J connectivity index is 1.44. The third kappa shape index (κ3) is 3.81. The van der Waals surface area contributed by atoms with Gasteiger partial charge in [-0.1, -0.05) is 18.9 Å². The zero-order chi connectivity index (χ0) is 17.9. The van der Waals surface area contributed by atoms with Gasteiger partial charge in [0.05, 0.1) is 0 Å². The highest BCUT2D eigenvalue weighted by Gasteiger charge is 2.52. The van der Waals surface area contributed by atoms with Gasteiger partial charge in [-0.15, -0.1) is 11.3 Å². The van der Waals surface area contributed by atoms with Crippen molar-refractivity contribution in [3.63, 3.8) is 0 Å². The molecule has 25 heavy (non-hydrogen) atoms. The highest BCUT2D eigenvalue weighted by Crippen LogP contribution is 2.34. The van der Waals surface area contributed by atoms with Crippen LogP contribution in [0.15, 0.2) is 17.5 Å². The van der Waals surface area contributed by atoms with Gasteiger partial charge >= 0.3 is 12.1 Å². The van der Waals surface area contributed by atoms with Gasteiger partial charge in [0.25, 0.3) is 5.91 Å². The summed E-state index contributed by atoms with van der Waals surface area (Å²) in [5, 5.41) is 9.38. The minimum atomic E-state index is -0.847. The summed E-state index contributed by atoms with van der Waals surface area (Å²) in [6.45, 7) is -0.0589. The van der Waals surface area contributed by atoms with Crippen molar-refractivity contribution in [2.45, 2.75) is 37.6 Å². The lowest BCUT2D eigenvalue weighted by molar-refractivity contribution is -0.134. The van der Waals surface area contributed by atoms with Crippen LogP contribution >= 0.6 is 11.3 Å². The van der Waals surface area contributed by atoms with Gasteiger partial charge in [0.1, 0.15) is 12.1 Å². The Bertz CT molecular complexity index is 682. The Morgan fingerprint density at radius 1 is 1.28 bits per heavy atom. The van der Waals surface area contributed by atoms with Crippen molar-refractivity contribution in [1.82, 2.24) is 20.9 Å². The molecule has 0 unspecified atom stereocenters. The standard InChI is InChI=1S/C16H20N4O4S/c21-12(18-14(23)17-8-5-11-4-3-9-25-11)10-20-13(22)16(19-15(20)24)6-1-2-7-16/h3-4,9H,1-2,5-8,10H2,(H,19,24)(H2,17,18,21,23). The van der Waals surface area contributed by atoms with E-state index in [2.05, 4.69) is 16.0 Å². The van der Waals surface area contributed by atoms with Gasteiger partial charge in [-0.3, -0.25) is 19.8 Å². The lowest BCUT2D eigenvalue weighted by Crippen LogP contribution is -2.47. The van der Waals surface area contributed by atoms with Gasteiger partial charge < -0.3 is 10.6 Å². The van der Waals surface area contributed by atoms with Gasteiger partial charge in [0.15, 0.2) is 0 Å². The van der Waals surface area contributed by atoms with Crippen LogP contribution in [0, 0.1) is 0 Å². The molecule has 0 bridgehead atoms. The molecule has 0 aromatic carbocycles. The van der Waals surface area contributed by atoms with E-state index in [1.54, 1.807) is 11.3 Å². The average Bonchev–Trinajstić information content (AvgIpc) is 3.27. The van der Waals surface area contributed by atoms with E-state index < -0.39 is 30.1 Å². The average molecular weight is 364 g/mol. The number of hydrogen-bond donors (Lipinski definition) is 3. The number of thiophene rings is 1. The number of nitrogens with zero attached hydrogens (tertiary/aromatic N) is 1. The first-order valence-electron chi connectivity index (χ1n) is 8.24. The van der Waals surface area contributed by atoms with Crippen molar-refractivity contribution in [3.05, 3.63) is 22.4 Å². The number of imide groups is 2. The lowest BCUT2D eigenvalue weighted by atomic mass is 9.98. The number of nitrogens with one attached hydrogen (secondary N) is 3. The molecule has 6 amide bonds. The Morgan fingerprint density at radius 3 is 2.72 bits per heavy atom. The SMILES string of the molecule is O=C(CN1C(=O)NC2(CCCC2)C1=O)NC(=O)NCCc1cccs1. The third-order valence-electron chi connectivity index (χ3n) is 4.49. The van der Waals surface area contributed by atoms with Gasteiger partial charge in [-0.05, 0) is 30.7 Å². The number of amides is 6. The van der Waals surface area contributed by atoms with Crippen molar-refractivity contribution < 1.29 is 19.2 Å². The summed E-state index contributed by atoms with van der Waals surface area (Å²) in [5.41, 5.74) is -0.847. The summed E-state index contributed by atoms with van der Waals surface area (Å²) in [6, 6.07) is 2.69. The molecule has 9 heteroatoms. The van der Waals surface area contributed by atoms with Crippen molar-refractivity contribution in [3.8, 4) is 0 Å². The Kier molecular flexibility index (Phi) is 5.03. The first kappa shape index (κ1) is 17.4. The fourth-order valence-corrected chi connectivity index (χ4v) is 3.95. The van der Waals surface area contributed by atoms with E-state index >= 15 is 0 Å². The highest BCUT2D eigenvalue weighted by molar-refractivity contribution is 7.09. The minimum absolute atomic E-state index is 0.372. The zero-order valence-corrected chi connectivity index (χ0v) is 14.5. The normalized spacial score (nSPS) is 18.5. The first-order valence-corrected chi connectivity index (χ1v) is 9.12. The van der Waals surface area contributed by atoms with E-state index in [0.29, 0.717) is 25.8 Å². The second-order valence-electron chi connectivity index (χ2n) is 6.24. The van der Waals surface area contributed by atoms with Crippen LogP contribution in [0.1, 0.15) is 30.6 Å². The molecular formula is C16H20N4O4S. The number of urea groups is 2. The monoisotopic (exact) mass is 364 g/mol. The molecule has 2 fully saturated rings. The van der Waals surface area contributed by atoms with Gasteiger partial charge in [-0.2, -0.15) is 0 Å². The van der Waals surface area contributed by atoms with Crippen LogP contribution in [0.25, 0.3) is 0 Å². The quantitative estimate of drug-likeness (QED) is 0.677. The molecule has 2 heterocycles. The molecule has 1 aliphatic carbocycles. The predicted molar refractivity (Wildman–Crippen MR) is 91.0 cm³/mol. The maximum Gasteiger partial charge on any atom is 0.325 e. The smallest absolute Gasteiger partial charge is 0.325 e. The van der Waals surface area contributed by atoms with E-state index in [1.807, 2.05) is 17.5 Å². The molecule has 8 nitrogen and oxygen atoms in total. The van der Waals surface area contributed by atoms with Crippen molar-refractivity contribution in [2.75, 3.05) is 13.1 Å². The first-order chi connectivity index (χ1) is 12.0. The Morgan fingerprint density at radius 2 is 2.04 bits per heavy atom. The molecule has 0 radical (unpaired) electrons. The zero-order valence-electron chi connectivity index (χ0n) is 13.7. The van der Waals surface area contributed by atoms with E-state index in [1.165, 1.54) is 0 Å². The molecule has 0 atom stereocenters. The molecule has 1 aromatic heterocycles. The molecule has 134 valence electrons. The van der Waals surface area contributed by atoms with Crippen molar-refractivity contribution in [1.29, 1.82) is 0 Å². The predicted octanol–water partition coefficient (Wildman–Crippen LogP) is 0.981. The summed E-state index contributed by atoms with van der Waals surface area (Å²) < 4.78 is 0. The van der Waals surface area contributed by atoms with E-state index in [9.17, 15) is 19.2 Å². The summed E-state index contributed by atoms with van der Waals surface area (Å²) in [7, 11) is 0. The summed E-state index contributed by atoms with van der Waals surface area (Å²) in [5.74, 6) is -1.06. The van der Waals surface area contributed by atoms with Crippen LogP contribution in [-0.4, -0.2) is 47.4 Å². The molecule has 1 spiro atoms. The number of rotatable bonds is 5. The third-order valence-corrected chi connectivity index (χ3v) is 5.43. The Labute approximate surface area is 148 Å². The van der Waals surface area contributed by atoms with Crippen LogP contribution in [0.3, 0.4) is 0 Å². The van der Waals surface area contributed by atoms with Crippen LogP contribution < -0.4 is 16.0 Å². The molecule has 1 aromatic rings. The summed E-state index contributed by atoms with van der Waals surface area (Å²) in [4.78, 5) is 50.1. The van der Waals surface area contributed by atoms with Gasteiger partial charge in [0.2, 0.25) is 5.91 Å².